The van der Waals surface area contributed by atoms with Gasteiger partial charge in [-0.3, -0.25) is 9.69 Å². The third-order valence-electron chi connectivity index (χ3n) is 5.36. The van der Waals surface area contributed by atoms with Crippen molar-refractivity contribution >= 4 is 22.8 Å². The van der Waals surface area contributed by atoms with Crippen LogP contribution >= 0.6 is 0 Å². The number of nitrogens with zero attached hydrogens (tertiary/aromatic N) is 5. The number of carbonyl (C=O) groups is 1. The second-order valence-electron chi connectivity index (χ2n) is 7.97. The van der Waals surface area contributed by atoms with Gasteiger partial charge in [0.25, 0.3) is 5.91 Å². The molecule has 1 fully saturated rings. The van der Waals surface area contributed by atoms with Crippen molar-refractivity contribution in [1.29, 1.82) is 0 Å². The second-order valence-corrected chi connectivity index (χ2v) is 7.97. The van der Waals surface area contributed by atoms with Crippen molar-refractivity contribution in [3.8, 4) is 0 Å². The summed E-state index contributed by atoms with van der Waals surface area (Å²) in [5, 5.41) is 12.6. The summed E-state index contributed by atoms with van der Waals surface area (Å²) in [6.07, 6.45) is 3.45. The molecule has 0 saturated carbocycles. The first-order valence-corrected chi connectivity index (χ1v) is 10.7. The van der Waals surface area contributed by atoms with E-state index in [9.17, 15) is 4.79 Å². The number of anilines is 1. The molecule has 0 radical (unpaired) electrons. The molecule has 1 amide bonds. The predicted molar refractivity (Wildman–Crippen MR) is 121 cm³/mol. The first kappa shape index (κ1) is 22.1. The number of ether oxygens (including phenoxy) is 1. The number of aliphatic hydroxyl groups excluding tert-OH is 1. The fourth-order valence-corrected chi connectivity index (χ4v) is 3.76. The lowest BCUT2D eigenvalue weighted by Gasteiger charge is -2.32. The molecule has 168 valence electrons. The maximum Gasteiger partial charge on any atom is 0.252 e. The van der Waals surface area contributed by atoms with Gasteiger partial charge in [-0.1, -0.05) is 18.2 Å². The van der Waals surface area contributed by atoms with E-state index >= 15 is 0 Å². The Bertz CT molecular complexity index is 1070. The van der Waals surface area contributed by atoms with Gasteiger partial charge in [0.15, 0.2) is 0 Å². The number of rotatable bonds is 7. The fourth-order valence-electron chi connectivity index (χ4n) is 3.76. The van der Waals surface area contributed by atoms with Crippen LogP contribution in [-0.2, 0) is 11.3 Å². The van der Waals surface area contributed by atoms with Gasteiger partial charge in [0, 0.05) is 63.6 Å². The molecule has 1 aliphatic rings. The molecule has 9 heteroatoms. The number of hydrogen-bond donors (Lipinski definition) is 2. The van der Waals surface area contributed by atoms with Gasteiger partial charge in [0.05, 0.1) is 30.0 Å². The van der Waals surface area contributed by atoms with Crippen molar-refractivity contribution in [3.05, 3.63) is 59.5 Å². The van der Waals surface area contributed by atoms with Crippen LogP contribution in [0.4, 0.5) is 5.95 Å². The first-order valence-electron chi connectivity index (χ1n) is 10.7. The van der Waals surface area contributed by atoms with Crippen molar-refractivity contribution in [2.24, 2.45) is 0 Å². The molecular formula is C23H28N6O3. The molecule has 0 aliphatic carbocycles. The second kappa shape index (κ2) is 9.99. The van der Waals surface area contributed by atoms with Crippen LogP contribution in [0.1, 0.15) is 27.7 Å². The minimum absolute atomic E-state index is 0.110. The Hall–Kier alpha value is -3.14. The van der Waals surface area contributed by atoms with E-state index in [1.807, 2.05) is 55.7 Å². The van der Waals surface area contributed by atoms with Crippen molar-refractivity contribution < 1.29 is 14.6 Å². The lowest BCUT2D eigenvalue weighted by atomic mass is 10.0. The van der Waals surface area contributed by atoms with E-state index in [4.69, 9.17) is 14.8 Å². The topological polar surface area (TPSA) is 104 Å². The largest absolute Gasteiger partial charge is 0.395 e. The molecule has 9 nitrogen and oxygen atoms in total. The Morgan fingerprint density at radius 2 is 2.06 bits per heavy atom. The number of pyridine rings is 1. The predicted octanol–water partition coefficient (Wildman–Crippen LogP) is 1.39. The zero-order valence-electron chi connectivity index (χ0n) is 18.4. The SMILES string of the molecule is CN(C)c1ncc(CN2CCOC(c3cc(C(=O)NCCO)c4ccccc4n3)C2)cn1. The molecule has 32 heavy (non-hydrogen) atoms. The Morgan fingerprint density at radius 3 is 2.81 bits per heavy atom. The molecule has 1 aliphatic heterocycles. The van der Waals surface area contributed by atoms with Crippen molar-refractivity contribution in [2.75, 3.05) is 51.8 Å². The Morgan fingerprint density at radius 1 is 1.28 bits per heavy atom. The monoisotopic (exact) mass is 436 g/mol. The molecule has 2 N–H and O–H groups in total. The molecule has 1 atom stereocenters. The number of nitrogens with one attached hydrogen (secondary N) is 1. The van der Waals surface area contributed by atoms with Gasteiger partial charge in [-0.15, -0.1) is 0 Å². The molecule has 3 heterocycles. The van der Waals surface area contributed by atoms with Crippen LogP contribution < -0.4 is 10.2 Å². The smallest absolute Gasteiger partial charge is 0.252 e. The summed E-state index contributed by atoms with van der Waals surface area (Å²) in [6, 6.07) is 9.37. The zero-order valence-corrected chi connectivity index (χ0v) is 18.4. The van der Waals surface area contributed by atoms with Crippen LogP contribution in [-0.4, -0.2) is 77.8 Å². The average molecular weight is 437 g/mol. The summed E-state index contributed by atoms with van der Waals surface area (Å²) >= 11 is 0. The van der Waals surface area contributed by atoms with Crippen LogP contribution in [0.3, 0.4) is 0 Å². The summed E-state index contributed by atoms with van der Waals surface area (Å²) in [6.45, 7) is 2.82. The van der Waals surface area contributed by atoms with E-state index in [1.54, 1.807) is 6.07 Å². The number of amides is 1. The van der Waals surface area contributed by atoms with Gasteiger partial charge in [0.2, 0.25) is 5.95 Å². The molecule has 1 unspecified atom stereocenters. The summed E-state index contributed by atoms with van der Waals surface area (Å²) in [5.74, 6) is 0.450. The summed E-state index contributed by atoms with van der Waals surface area (Å²) in [4.78, 5) is 30.4. The van der Waals surface area contributed by atoms with Gasteiger partial charge in [0.1, 0.15) is 6.10 Å². The summed E-state index contributed by atoms with van der Waals surface area (Å²) in [5.41, 5.74) is 3.04. The van der Waals surface area contributed by atoms with E-state index < -0.39 is 0 Å². The van der Waals surface area contributed by atoms with E-state index in [2.05, 4.69) is 20.2 Å². The molecule has 0 bridgehead atoms. The molecule has 4 rings (SSSR count). The number of para-hydroxylation sites is 1. The number of benzene rings is 1. The highest BCUT2D eigenvalue weighted by Gasteiger charge is 2.25. The summed E-state index contributed by atoms with van der Waals surface area (Å²) < 4.78 is 6.03. The van der Waals surface area contributed by atoms with Crippen LogP contribution in [0.5, 0.6) is 0 Å². The molecule has 2 aromatic heterocycles. The number of morpholine rings is 1. The van der Waals surface area contributed by atoms with Crippen LogP contribution in [0.15, 0.2) is 42.7 Å². The van der Waals surface area contributed by atoms with Gasteiger partial charge in [-0.05, 0) is 12.1 Å². The van der Waals surface area contributed by atoms with Crippen molar-refractivity contribution in [3.63, 3.8) is 0 Å². The lowest BCUT2D eigenvalue weighted by Crippen LogP contribution is -2.38. The van der Waals surface area contributed by atoms with Crippen LogP contribution in [0, 0.1) is 0 Å². The van der Waals surface area contributed by atoms with Gasteiger partial charge < -0.3 is 20.1 Å². The molecular weight excluding hydrogens is 408 g/mol. The number of hydrogen-bond acceptors (Lipinski definition) is 8. The third-order valence-corrected chi connectivity index (χ3v) is 5.36. The number of aliphatic hydroxyl groups is 1. The Kier molecular flexibility index (Phi) is 6.89. The normalized spacial score (nSPS) is 16.8. The molecule has 3 aromatic rings. The molecule has 1 saturated heterocycles. The number of fused-ring (bicyclic) bond motifs is 1. The van der Waals surface area contributed by atoms with Crippen molar-refractivity contribution in [1.82, 2.24) is 25.2 Å². The van der Waals surface area contributed by atoms with E-state index in [1.165, 1.54) is 0 Å². The van der Waals surface area contributed by atoms with Gasteiger partial charge in [-0.25, -0.2) is 15.0 Å². The number of aromatic nitrogens is 3. The summed E-state index contributed by atoms with van der Waals surface area (Å²) in [7, 11) is 3.83. The lowest BCUT2D eigenvalue weighted by molar-refractivity contribution is -0.0349. The van der Waals surface area contributed by atoms with Crippen molar-refractivity contribution in [2.45, 2.75) is 12.6 Å². The third kappa shape index (κ3) is 5.01. The highest BCUT2D eigenvalue weighted by atomic mass is 16.5. The first-order chi connectivity index (χ1) is 15.5. The zero-order chi connectivity index (χ0) is 22.5. The maximum absolute atomic E-state index is 12.7. The average Bonchev–Trinajstić information content (AvgIpc) is 2.82. The standard InChI is InChI=1S/C23H28N6O3/c1-28(2)23-25-12-16(13-26-23)14-29-8-10-32-21(15-29)20-11-18(22(31)24-7-9-30)17-5-3-4-6-19(17)27-20/h3-6,11-13,21,30H,7-10,14-15H2,1-2H3,(H,24,31). The van der Waals surface area contributed by atoms with Gasteiger partial charge in [-0.2, -0.15) is 0 Å². The van der Waals surface area contributed by atoms with Gasteiger partial charge >= 0.3 is 0 Å². The van der Waals surface area contributed by atoms with E-state index in [0.717, 1.165) is 28.7 Å². The highest BCUT2D eigenvalue weighted by Crippen LogP contribution is 2.26. The highest BCUT2D eigenvalue weighted by molar-refractivity contribution is 6.06. The Labute approximate surface area is 187 Å². The Balaban J connectivity index is 1.54. The van der Waals surface area contributed by atoms with E-state index in [0.29, 0.717) is 31.2 Å². The number of carbonyl (C=O) groups excluding carboxylic acids is 1. The molecule has 1 aromatic carbocycles. The minimum atomic E-state index is -0.250. The quantitative estimate of drug-likeness (QED) is 0.573. The van der Waals surface area contributed by atoms with E-state index in [-0.39, 0.29) is 25.2 Å². The molecule has 0 spiro atoms. The fraction of sp³-hybridized carbons (Fsp3) is 0.391. The van der Waals surface area contributed by atoms with Crippen LogP contribution in [0.25, 0.3) is 10.9 Å². The van der Waals surface area contributed by atoms with Crippen LogP contribution in [0.2, 0.25) is 0 Å². The maximum atomic E-state index is 12.7. The minimum Gasteiger partial charge on any atom is -0.395 e.